The first-order chi connectivity index (χ1) is 6.74. The fraction of sp³-hybridized carbons (Fsp3) is 0.400. The number of hydrogen-bond donors (Lipinski definition) is 2. The van der Waals surface area contributed by atoms with Crippen molar-refractivity contribution >= 4 is 0 Å². The van der Waals surface area contributed by atoms with E-state index in [1.54, 1.807) is 0 Å². The van der Waals surface area contributed by atoms with E-state index in [-0.39, 0.29) is 11.5 Å². The maximum Gasteiger partial charge on any atom is 0.130 e. The van der Waals surface area contributed by atoms with Gasteiger partial charge in [-0.15, -0.1) is 0 Å². The van der Waals surface area contributed by atoms with E-state index >= 15 is 0 Å². The Labute approximate surface area is 81.1 Å². The summed E-state index contributed by atoms with van der Waals surface area (Å²) < 4.78 is 26.7. The topological polar surface area (TPSA) is 38.0 Å². The largest absolute Gasteiger partial charge is 0.271 e. The Bertz CT molecular complexity index is 317. The third-order valence-corrected chi connectivity index (χ3v) is 2.58. The summed E-state index contributed by atoms with van der Waals surface area (Å²) in [7, 11) is 0. The van der Waals surface area contributed by atoms with Gasteiger partial charge in [0.1, 0.15) is 11.6 Å². The summed E-state index contributed by atoms with van der Waals surface area (Å²) in [6.07, 6.45) is 1.95. The van der Waals surface area contributed by atoms with Crippen LogP contribution < -0.4 is 11.3 Å². The molecule has 1 unspecified atom stereocenters. The smallest absolute Gasteiger partial charge is 0.130 e. The van der Waals surface area contributed by atoms with E-state index in [1.807, 2.05) is 0 Å². The van der Waals surface area contributed by atoms with Crippen molar-refractivity contribution in [2.24, 2.45) is 11.8 Å². The minimum absolute atomic E-state index is 0.0671. The molecule has 0 bridgehead atoms. The minimum Gasteiger partial charge on any atom is -0.271 e. The molecule has 3 N–H and O–H groups in total. The average molecular weight is 198 g/mol. The quantitative estimate of drug-likeness (QED) is 0.575. The third-order valence-electron chi connectivity index (χ3n) is 2.58. The van der Waals surface area contributed by atoms with Crippen LogP contribution in [0.1, 0.15) is 24.4 Å². The summed E-state index contributed by atoms with van der Waals surface area (Å²) in [4.78, 5) is 0. The molecule has 1 fully saturated rings. The molecule has 1 aliphatic carbocycles. The van der Waals surface area contributed by atoms with E-state index in [4.69, 9.17) is 5.84 Å². The van der Waals surface area contributed by atoms with Gasteiger partial charge >= 0.3 is 0 Å². The van der Waals surface area contributed by atoms with E-state index in [0.29, 0.717) is 0 Å². The lowest BCUT2D eigenvalue weighted by molar-refractivity contribution is 0.440. The van der Waals surface area contributed by atoms with Crippen LogP contribution in [0.2, 0.25) is 0 Å². The number of nitrogens with one attached hydrogen (secondary N) is 1. The molecule has 1 aromatic rings. The van der Waals surface area contributed by atoms with Crippen molar-refractivity contribution < 1.29 is 8.78 Å². The standard InChI is InChI=1S/C10H12F2N2/c11-7-2-1-3-8(12)9(7)10(14-13)6-4-5-6/h1-3,6,10,14H,4-5,13H2. The Morgan fingerprint density at radius 2 is 1.86 bits per heavy atom. The van der Waals surface area contributed by atoms with Crippen molar-refractivity contribution in [2.45, 2.75) is 18.9 Å². The molecule has 0 saturated heterocycles. The highest BCUT2D eigenvalue weighted by atomic mass is 19.1. The molecule has 2 rings (SSSR count). The third kappa shape index (κ3) is 1.63. The Morgan fingerprint density at radius 3 is 2.29 bits per heavy atom. The summed E-state index contributed by atoms with van der Waals surface area (Å²) in [5, 5.41) is 0. The summed E-state index contributed by atoms with van der Waals surface area (Å²) in [5.74, 6) is 4.51. The van der Waals surface area contributed by atoms with Crippen molar-refractivity contribution in [3.05, 3.63) is 35.4 Å². The van der Waals surface area contributed by atoms with Crippen LogP contribution in [0.15, 0.2) is 18.2 Å². The van der Waals surface area contributed by atoms with Gasteiger partial charge in [-0.2, -0.15) is 0 Å². The zero-order valence-corrected chi connectivity index (χ0v) is 7.63. The summed E-state index contributed by atoms with van der Waals surface area (Å²) in [6.45, 7) is 0. The van der Waals surface area contributed by atoms with Crippen LogP contribution in [0.5, 0.6) is 0 Å². The second-order valence-electron chi connectivity index (χ2n) is 3.62. The van der Waals surface area contributed by atoms with Crippen LogP contribution in [0.25, 0.3) is 0 Å². The minimum atomic E-state index is -0.528. The first-order valence-electron chi connectivity index (χ1n) is 4.64. The molecule has 0 aromatic heterocycles. The number of hydrogen-bond acceptors (Lipinski definition) is 2. The van der Waals surface area contributed by atoms with Gasteiger partial charge in [0.15, 0.2) is 0 Å². The normalized spacial score (nSPS) is 18.2. The molecule has 0 aliphatic heterocycles. The van der Waals surface area contributed by atoms with E-state index < -0.39 is 17.7 Å². The molecule has 14 heavy (non-hydrogen) atoms. The molecular weight excluding hydrogens is 186 g/mol. The van der Waals surface area contributed by atoms with Crippen LogP contribution in [0.4, 0.5) is 8.78 Å². The molecule has 1 aromatic carbocycles. The molecule has 76 valence electrons. The fourth-order valence-electron chi connectivity index (χ4n) is 1.69. The maximum absolute atomic E-state index is 13.3. The highest BCUT2D eigenvalue weighted by Crippen LogP contribution is 2.41. The monoisotopic (exact) mass is 198 g/mol. The van der Waals surface area contributed by atoms with E-state index in [2.05, 4.69) is 5.43 Å². The molecular formula is C10H12F2N2. The van der Waals surface area contributed by atoms with Gasteiger partial charge in [-0.3, -0.25) is 11.3 Å². The molecule has 2 nitrogen and oxygen atoms in total. The van der Waals surface area contributed by atoms with Crippen molar-refractivity contribution in [3.63, 3.8) is 0 Å². The molecule has 0 radical (unpaired) electrons. The van der Waals surface area contributed by atoms with Crippen LogP contribution in [0, 0.1) is 17.6 Å². The van der Waals surface area contributed by atoms with Crippen LogP contribution in [0.3, 0.4) is 0 Å². The van der Waals surface area contributed by atoms with Crippen LogP contribution >= 0.6 is 0 Å². The number of halogens is 2. The highest BCUT2D eigenvalue weighted by Gasteiger charge is 2.34. The molecule has 1 aliphatic rings. The first-order valence-corrected chi connectivity index (χ1v) is 4.64. The van der Waals surface area contributed by atoms with E-state index in [1.165, 1.54) is 18.2 Å². The predicted octanol–water partition coefficient (Wildman–Crippen LogP) is 1.88. The molecule has 1 atom stereocenters. The summed E-state index contributed by atoms with van der Waals surface area (Å²) >= 11 is 0. The van der Waals surface area contributed by atoms with E-state index in [9.17, 15) is 8.78 Å². The molecule has 0 spiro atoms. The Balaban J connectivity index is 2.36. The van der Waals surface area contributed by atoms with Gasteiger partial charge in [-0.05, 0) is 30.9 Å². The zero-order chi connectivity index (χ0) is 10.1. The number of benzene rings is 1. The van der Waals surface area contributed by atoms with Crippen molar-refractivity contribution in [1.82, 2.24) is 5.43 Å². The van der Waals surface area contributed by atoms with Gasteiger partial charge < -0.3 is 0 Å². The first kappa shape index (κ1) is 9.55. The number of nitrogens with two attached hydrogens (primary N) is 1. The number of rotatable bonds is 3. The SMILES string of the molecule is NNC(c1c(F)cccc1F)C1CC1. The van der Waals surface area contributed by atoms with Gasteiger partial charge in [-0.25, -0.2) is 8.78 Å². The molecule has 0 heterocycles. The van der Waals surface area contributed by atoms with Crippen molar-refractivity contribution in [1.29, 1.82) is 0 Å². The van der Waals surface area contributed by atoms with Crippen molar-refractivity contribution in [2.75, 3.05) is 0 Å². The molecule has 1 saturated carbocycles. The maximum atomic E-state index is 13.3. The molecule has 0 amide bonds. The second-order valence-corrected chi connectivity index (χ2v) is 3.62. The Hall–Kier alpha value is -1.00. The lowest BCUT2D eigenvalue weighted by atomic mass is 10.0. The summed E-state index contributed by atoms with van der Waals surface area (Å²) in [6, 6.07) is 3.47. The Kier molecular flexibility index (Phi) is 2.48. The molecule has 4 heteroatoms. The Morgan fingerprint density at radius 1 is 1.29 bits per heavy atom. The highest BCUT2D eigenvalue weighted by molar-refractivity contribution is 5.24. The van der Waals surface area contributed by atoms with Gasteiger partial charge in [0.2, 0.25) is 0 Å². The van der Waals surface area contributed by atoms with Crippen molar-refractivity contribution in [3.8, 4) is 0 Å². The predicted molar refractivity (Wildman–Crippen MR) is 49.1 cm³/mol. The summed E-state index contributed by atoms with van der Waals surface area (Å²) in [5.41, 5.74) is 2.55. The fourth-order valence-corrected chi connectivity index (χ4v) is 1.69. The van der Waals surface area contributed by atoms with Crippen LogP contribution in [-0.2, 0) is 0 Å². The van der Waals surface area contributed by atoms with Gasteiger partial charge in [-0.1, -0.05) is 6.07 Å². The van der Waals surface area contributed by atoms with E-state index in [0.717, 1.165) is 12.8 Å². The zero-order valence-electron chi connectivity index (χ0n) is 7.63. The van der Waals surface area contributed by atoms with Gasteiger partial charge in [0.25, 0.3) is 0 Å². The average Bonchev–Trinajstić information content (AvgIpc) is 2.95. The number of hydrazine groups is 1. The lowest BCUT2D eigenvalue weighted by Crippen LogP contribution is -2.30. The second kappa shape index (κ2) is 3.63. The lowest BCUT2D eigenvalue weighted by Gasteiger charge is -2.16. The van der Waals surface area contributed by atoms with Gasteiger partial charge in [0.05, 0.1) is 6.04 Å². The van der Waals surface area contributed by atoms with Gasteiger partial charge in [0, 0.05) is 5.56 Å². The van der Waals surface area contributed by atoms with Crippen LogP contribution in [-0.4, -0.2) is 0 Å².